The molecule has 11 nitrogen and oxygen atoms in total. The SMILES string of the molecule is COCCOCC(=O)NCCOCCOCC(=O)On1c(O)ccc1O. The monoisotopic (exact) mass is 376 g/mol. The minimum absolute atomic E-state index is 0.0406. The van der Waals surface area contributed by atoms with Gasteiger partial charge in [-0.1, -0.05) is 0 Å². The number of aromatic nitrogens is 1. The number of nitrogens with one attached hydrogen (secondary N) is 1. The van der Waals surface area contributed by atoms with Gasteiger partial charge in [0, 0.05) is 25.8 Å². The van der Waals surface area contributed by atoms with E-state index in [-0.39, 0.29) is 38.9 Å². The molecule has 0 aliphatic rings. The highest BCUT2D eigenvalue weighted by atomic mass is 16.7. The second kappa shape index (κ2) is 12.9. The number of hydrogen-bond acceptors (Lipinski definition) is 9. The second-order valence-electron chi connectivity index (χ2n) is 4.87. The molecule has 0 aromatic carbocycles. The lowest BCUT2D eigenvalue weighted by molar-refractivity contribution is -0.151. The third kappa shape index (κ3) is 9.22. The number of aromatic hydroxyl groups is 2. The second-order valence-corrected chi connectivity index (χ2v) is 4.87. The van der Waals surface area contributed by atoms with Crippen LogP contribution in [0.3, 0.4) is 0 Å². The first-order valence-corrected chi connectivity index (χ1v) is 7.84. The van der Waals surface area contributed by atoms with Crippen molar-refractivity contribution in [3.05, 3.63) is 12.1 Å². The number of carbonyl (C=O) groups is 2. The van der Waals surface area contributed by atoms with Crippen LogP contribution in [-0.4, -0.2) is 86.7 Å². The van der Waals surface area contributed by atoms with Gasteiger partial charge in [0.15, 0.2) is 0 Å². The first kappa shape index (κ1) is 21.7. The van der Waals surface area contributed by atoms with Gasteiger partial charge in [-0.3, -0.25) is 4.79 Å². The van der Waals surface area contributed by atoms with Gasteiger partial charge < -0.3 is 39.3 Å². The molecular weight excluding hydrogens is 352 g/mol. The summed E-state index contributed by atoms with van der Waals surface area (Å²) >= 11 is 0. The molecule has 0 aliphatic carbocycles. The third-order valence-electron chi connectivity index (χ3n) is 2.82. The standard InChI is InChI=1S/C15H24N2O9/c1-22-6-7-24-10-12(18)16-4-5-23-8-9-25-11-15(21)26-17-13(19)2-3-14(17)20/h2-3,19-20H,4-11H2,1H3,(H,16,18). The van der Waals surface area contributed by atoms with Gasteiger partial charge in [0.2, 0.25) is 17.7 Å². The normalized spacial score (nSPS) is 10.7. The third-order valence-corrected chi connectivity index (χ3v) is 2.82. The van der Waals surface area contributed by atoms with Crippen molar-refractivity contribution < 1.29 is 43.6 Å². The summed E-state index contributed by atoms with van der Waals surface area (Å²) in [5.74, 6) is -1.87. The van der Waals surface area contributed by atoms with Gasteiger partial charge in [-0.2, -0.15) is 0 Å². The van der Waals surface area contributed by atoms with E-state index in [9.17, 15) is 19.8 Å². The Morgan fingerprint density at radius 1 is 0.962 bits per heavy atom. The van der Waals surface area contributed by atoms with E-state index in [0.29, 0.717) is 24.5 Å². The van der Waals surface area contributed by atoms with Crippen molar-refractivity contribution in [2.24, 2.45) is 0 Å². The predicted octanol–water partition coefficient (Wildman–Crippen LogP) is -1.33. The number of hydrogen-bond donors (Lipinski definition) is 3. The van der Waals surface area contributed by atoms with Crippen LogP contribution in [0.5, 0.6) is 11.8 Å². The zero-order valence-electron chi connectivity index (χ0n) is 14.5. The first-order valence-electron chi connectivity index (χ1n) is 7.84. The van der Waals surface area contributed by atoms with Crippen molar-refractivity contribution in [2.75, 3.05) is 59.9 Å². The van der Waals surface area contributed by atoms with Crippen molar-refractivity contribution in [2.45, 2.75) is 0 Å². The van der Waals surface area contributed by atoms with Crippen molar-refractivity contribution in [1.29, 1.82) is 0 Å². The van der Waals surface area contributed by atoms with Crippen molar-refractivity contribution in [3.63, 3.8) is 0 Å². The minimum atomic E-state index is -0.799. The Bertz CT molecular complexity index is 528. The van der Waals surface area contributed by atoms with E-state index >= 15 is 0 Å². The Morgan fingerprint density at radius 3 is 2.27 bits per heavy atom. The van der Waals surface area contributed by atoms with Crippen LogP contribution in [-0.2, 0) is 28.5 Å². The molecule has 0 bridgehead atoms. The van der Waals surface area contributed by atoms with E-state index in [2.05, 4.69) is 10.2 Å². The maximum Gasteiger partial charge on any atom is 0.358 e. The van der Waals surface area contributed by atoms with Crippen LogP contribution >= 0.6 is 0 Å². The highest BCUT2D eigenvalue weighted by molar-refractivity contribution is 5.77. The highest BCUT2D eigenvalue weighted by Gasteiger charge is 2.12. The van der Waals surface area contributed by atoms with E-state index in [4.69, 9.17) is 18.9 Å². The van der Waals surface area contributed by atoms with Gasteiger partial charge in [0.05, 0.1) is 33.0 Å². The van der Waals surface area contributed by atoms with Gasteiger partial charge in [-0.15, -0.1) is 4.73 Å². The molecule has 1 amide bonds. The van der Waals surface area contributed by atoms with E-state index in [1.807, 2.05) is 0 Å². The minimum Gasteiger partial charge on any atom is -0.492 e. The summed E-state index contributed by atoms with van der Waals surface area (Å²) in [6, 6.07) is 2.34. The molecule has 148 valence electrons. The number of rotatable bonds is 14. The van der Waals surface area contributed by atoms with Crippen LogP contribution in [0.15, 0.2) is 12.1 Å². The zero-order chi connectivity index (χ0) is 19.2. The van der Waals surface area contributed by atoms with Crippen LogP contribution in [0.25, 0.3) is 0 Å². The molecule has 0 aliphatic heterocycles. The van der Waals surface area contributed by atoms with Crippen LogP contribution < -0.4 is 10.2 Å². The molecule has 0 unspecified atom stereocenters. The van der Waals surface area contributed by atoms with Crippen LogP contribution in [0, 0.1) is 0 Å². The van der Waals surface area contributed by atoms with Gasteiger partial charge in [0.1, 0.15) is 13.2 Å². The molecule has 0 radical (unpaired) electrons. The Morgan fingerprint density at radius 2 is 1.58 bits per heavy atom. The summed E-state index contributed by atoms with van der Waals surface area (Å²) in [6.07, 6.45) is 0. The molecular formula is C15H24N2O9. The lowest BCUT2D eigenvalue weighted by Crippen LogP contribution is -2.31. The van der Waals surface area contributed by atoms with E-state index < -0.39 is 17.7 Å². The molecule has 0 fully saturated rings. The quantitative estimate of drug-likeness (QED) is 0.337. The summed E-state index contributed by atoms with van der Waals surface area (Å²) in [6.45, 7) is 1.31. The van der Waals surface area contributed by atoms with Gasteiger partial charge in [0.25, 0.3) is 0 Å². The molecule has 1 aromatic rings. The molecule has 1 rings (SSSR count). The lowest BCUT2D eigenvalue weighted by atomic mass is 10.6. The van der Waals surface area contributed by atoms with Gasteiger partial charge in [-0.25, -0.2) is 4.79 Å². The molecule has 1 aromatic heterocycles. The summed E-state index contributed by atoms with van der Waals surface area (Å²) in [7, 11) is 1.55. The fourth-order valence-electron chi connectivity index (χ4n) is 1.62. The Labute approximate surface area is 150 Å². The summed E-state index contributed by atoms with van der Waals surface area (Å²) in [5, 5.41) is 21.2. The molecule has 0 spiro atoms. The topological polar surface area (TPSA) is 138 Å². The maximum absolute atomic E-state index is 11.5. The first-order chi connectivity index (χ1) is 12.5. The molecule has 0 atom stereocenters. The highest BCUT2D eigenvalue weighted by Crippen LogP contribution is 2.18. The average Bonchev–Trinajstić information content (AvgIpc) is 2.93. The Balaban J connectivity index is 1.94. The van der Waals surface area contributed by atoms with Crippen LogP contribution in [0.4, 0.5) is 0 Å². The Hall–Kier alpha value is -2.34. The van der Waals surface area contributed by atoms with E-state index in [1.165, 1.54) is 12.1 Å². The van der Waals surface area contributed by atoms with Crippen LogP contribution in [0.2, 0.25) is 0 Å². The molecule has 26 heavy (non-hydrogen) atoms. The summed E-state index contributed by atoms with van der Waals surface area (Å²) in [4.78, 5) is 27.5. The number of methoxy groups -OCH3 is 1. The largest absolute Gasteiger partial charge is 0.492 e. The van der Waals surface area contributed by atoms with Gasteiger partial charge >= 0.3 is 5.97 Å². The lowest BCUT2D eigenvalue weighted by Gasteiger charge is -2.08. The van der Waals surface area contributed by atoms with Crippen molar-refractivity contribution in [3.8, 4) is 11.8 Å². The molecule has 3 N–H and O–H groups in total. The Kier molecular flexibility index (Phi) is 10.8. The molecule has 1 heterocycles. The smallest absolute Gasteiger partial charge is 0.358 e. The maximum atomic E-state index is 11.5. The average molecular weight is 376 g/mol. The van der Waals surface area contributed by atoms with E-state index in [0.717, 1.165) is 0 Å². The van der Waals surface area contributed by atoms with Crippen LogP contribution in [0.1, 0.15) is 0 Å². The number of amides is 1. The molecule has 0 saturated heterocycles. The number of ether oxygens (including phenoxy) is 4. The summed E-state index contributed by atoms with van der Waals surface area (Å²) < 4.78 is 20.6. The summed E-state index contributed by atoms with van der Waals surface area (Å²) in [5.41, 5.74) is 0. The number of nitrogens with zero attached hydrogens (tertiary/aromatic N) is 1. The fraction of sp³-hybridized carbons (Fsp3) is 0.600. The zero-order valence-corrected chi connectivity index (χ0v) is 14.5. The van der Waals surface area contributed by atoms with E-state index in [1.54, 1.807) is 7.11 Å². The van der Waals surface area contributed by atoms with Crippen molar-refractivity contribution >= 4 is 11.9 Å². The predicted molar refractivity (Wildman–Crippen MR) is 86.7 cm³/mol. The number of carbonyl (C=O) groups excluding carboxylic acids is 2. The molecule has 11 heteroatoms. The van der Waals surface area contributed by atoms with Gasteiger partial charge in [-0.05, 0) is 0 Å². The molecule has 0 saturated carbocycles. The fourth-order valence-corrected chi connectivity index (χ4v) is 1.62. The van der Waals surface area contributed by atoms with Crippen molar-refractivity contribution in [1.82, 2.24) is 10.0 Å².